The average molecular weight is 415 g/mol. The molecular weight excluding hydrogens is 360 g/mol. The molecule has 0 atom stereocenters. The second kappa shape index (κ2) is 21.8. The van der Waals surface area contributed by atoms with Crippen LogP contribution < -0.4 is 0 Å². The second-order valence-electron chi connectivity index (χ2n) is 9.11. The molecule has 0 saturated carbocycles. The first-order chi connectivity index (χ1) is 13.6. The highest BCUT2D eigenvalue weighted by Gasteiger charge is 2.23. The lowest BCUT2D eigenvalue weighted by atomic mass is 10.0. The summed E-state index contributed by atoms with van der Waals surface area (Å²) in [6.45, 7) is 10.8. The fourth-order valence-corrected chi connectivity index (χ4v) is 5.03. The van der Waals surface area contributed by atoms with Crippen LogP contribution in [0.1, 0.15) is 136 Å². The lowest BCUT2D eigenvalue weighted by molar-refractivity contribution is 0.172. The van der Waals surface area contributed by atoms with Gasteiger partial charge in [0.25, 0.3) is 0 Å². The summed E-state index contributed by atoms with van der Waals surface area (Å²) in [5.74, 6) is 0. The van der Waals surface area contributed by atoms with Gasteiger partial charge >= 0.3 is 8.56 Å². The van der Waals surface area contributed by atoms with Gasteiger partial charge < -0.3 is 8.85 Å². The Balaban J connectivity index is 3.27. The third-order valence-corrected chi connectivity index (χ3v) is 7.44. The smallest absolute Gasteiger partial charge is 0.331 e. The van der Waals surface area contributed by atoms with Gasteiger partial charge in [-0.1, -0.05) is 123 Å². The highest BCUT2D eigenvalue weighted by Crippen LogP contribution is 2.14. The molecule has 0 heterocycles. The predicted octanol–water partition coefficient (Wildman–Crippen LogP) is 9.17. The third kappa shape index (κ3) is 22.4. The van der Waals surface area contributed by atoms with E-state index in [1.165, 1.54) is 122 Å². The molecule has 0 aliphatic rings. The molecular formula is C25H54O2Si. The molecule has 0 radical (unpaired) electrons. The first-order valence-corrected chi connectivity index (χ1v) is 15.7. The zero-order valence-electron chi connectivity index (χ0n) is 20.2. The van der Waals surface area contributed by atoms with Crippen molar-refractivity contribution in [1.82, 2.24) is 0 Å². The molecule has 0 aromatic heterocycles. The molecule has 0 bridgehead atoms. The summed E-state index contributed by atoms with van der Waals surface area (Å²) >= 11 is 0. The van der Waals surface area contributed by atoms with Crippen molar-refractivity contribution in [2.24, 2.45) is 0 Å². The van der Waals surface area contributed by atoms with E-state index in [9.17, 15) is 0 Å². The van der Waals surface area contributed by atoms with Gasteiger partial charge in [0.05, 0.1) is 0 Å². The SMILES string of the molecule is CCCCCCCCCCCCCCCO[Si](C)(C)OCCCCCCCC. The molecule has 0 unspecified atom stereocenters. The van der Waals surface area contributed by atoms with Gasteiger partial charge in [0, 0.05) is 13.2 Å². The Morgan fingerprint density at radius 2 is 0.643 bits per heavy atom. The van der Waals surface area contributed by atoms with E-state index in [1.54, 1.807) is 0 Å². The maximum Gasteiger partial charge on any atom is 0.331 e. The molecule has 0 aliphatic heterocycles. The Hall–Kier alpha value is 0.137. The molecule has 0 fully saturated rings. The summed E-state index contributed by atoms with van der Waals surface area (Å²) in [6, 6.07) is 0. The van der Waals surface area contributed by atoms with Crippen LogP contribution in [0.2, 0.25) is 13.1 Å². The first-order valence-electron chi connectivity index (χ1n) is 12.9. The number of hydrogen-bond acceptors (Lipinski definition) is 2. The molecule has 2 nitrogen and oxygen atoms in total. The third-order valence-electron chi connectivity index (χ3n) is 5.65. The molecule has 0 amide bonds. The molecule has 0 rings (SSSR count). The highest BCUT2D eigenvalue weighted by molar-refractivity contribution is 6.64. The average Bonchev–Trinajstić information content (AvgIpc) is 2.67. The fourth-order valence-electron chi connectivity index (χ4n) is 3.68. The van der Waals surface area contributed by atoms with Crippen LogP contribution in [0, 0.1) is 0 Å². The van der Waals surface area contributed by atoms with Crippen LogP contribution in [0.25, 0.3) is 0 Å². The minimum absolute atomic E-state index is 0.893. The van der Waals surface area contributed by atoms with Crippen molar-refractivity contribution in [2.75, 3.05) is 13.2 Å². The van der Waals surface area contributed by atoms with E-state index in [-0.39, 0.29) is 0 Å². The molecule has 0 aromatic rings. The van der Waals surface area contributed by atoms with Crippen molar-refractivity contribution >= 4 is 8.56 Å². The molecule has 0 N–H and O–H groups in total. The van der Waals surface area contributed by atoms with E-state index < -0.39 is 8.56 Å². The highest BCUT2D eigenvalue weighted by atomic mass is 28.4. The van der Waals surface area contributed by atoms with E-state index in [0.29, 0.717) is 0 Å². The van der Waals surface area contributed by atoms with Gasteiger partial charge in [0.2, 0.25) is 0 Å². The lowest BCUT2D eigenvalue weighted by Gasteiger charge is -2.23. The molecule has 0 aliphatic carbocycles. The minimum Gasteiger partial charge on any atom is -0.395 e. The Kier molecular flexibility index (Phi) is 21.9. The summed E-state index contributed by atoms with van der Waals surface area (Å²) in [7, 11) is -1.88. The minimum atomic E-state index is -1.88. The quantitative estimate of drug-likeness (QED) is 0.122. The van der Waals surface area contributed by atoms with E-state index in [2.05, 4.69) is 26.9 Å². The predicted molar refractivity (Wildman–Crippen MR) is 128 cm³/mol. The topological polar surface area (TPSA) is 18.5 Å². The van der Waals surface area contributed by atoms with Gasteiger partial charge in [-0.25, -0.2) is 0 Å². The maximum absolute atomic E-state index is 6.09. The van der Waals surface area contributed by atoms with Crippen LogP contribution in [0.15, 0.2) is 0 Å². The van der Waals surface area contributed by atoms with Gasteiger partial charge in [0.15, 0.2) is 0 Å². The van der Waals surface area contributed by atoms with Crippen molar-refractivity contribution in [2.45, 2.75) is 149 Å². The van der Waals surface area contributed by atoms with E-state index in [1.807, 2.05) is 0 Å². The van der Waals surface area contributed by atoms with Crippen molar-refractivity contribution in [3.05, 3.63) is 0 Å². The van der Waals surface area contributed by atoms with Crippen LogP contribution in [-0.2, 0) is 8.85 Å². The van der Waals surface area contributed by atoms with Gasteiger partial charge in [-0.15, -0.1) is 0 Å². The Labute approximate surface area is 179 Å². The first kappa shape index (κ1) is 28.1. The molecule has 0 spiro atoms. The molecule has 3 heteroatoms. The Bertz CT molecular complexity index is 294. The monoisotopic (exact) mass is 414 g/mol. The van der Waals surface area contributed by atoms with E-state index >= 15 is 0 Å². The van der Waals surface area contributed by atoms with Gasteiger partial charge in [-0.05, 0) is 25.9 Å². The van der Waals surface area contributed by atoms with Gasteiger partial charge in [0.1, 0.15) is 0 Å². The standard InChI is InChI=1S/C25H54O2Si/c1-5-7-9-11-13-14-15-16-17-18-19-21-23-25-27-28(3,4)26-24-22-20-12-10-8-6-2/h5-25H2,1-4H3. The summed E-state index contributed by atoms with van der Waals surface area (Å²) in [5.41, 5.74) is 0. The largest absolute Gasteiger partial charge is 0.395 e. The van der Waals surface area contributed by atoms with Crippen LogP contribution in [0.5, 0.6) is 0 Å². The molecule has 170 valence electrons. The van der Waals surface area contributed by atoms with Crippen molar-refractivity contribution in [3.63, 3.8) is 0 Å². The normalized spacial score (nSPS) is 12.0. The zero-order chi connectivity index (χ0) is 20.8. The van der Waals surface area contributed by atoms with E-state index in [4.69, 9.17) is 8.85 Å². The van der Waals surface area contributed by atoms with Gasteiger partial charge in [-0.2, -0.15) is 0 Å². The number of hydrogen-bond donors (Lipinski definition) is 0. The zero-order valence-corrected chi connectivity index (χ0v) is 21.2. The number of unbranched alkanes of at least 4 members (excludes halogenated alkanes) is 17. The molecule has 28 heavy (non-hydrogen) atoms. The van der Waals surface area contributed by atoms with Crippen molar-refractivity contribution < 1.29 is 8.85 Å². The van der Waals surface area contributed by atoms with Crippen LogP contribution in [-0.4, -0.2) is 21.8 Å². The van der Waals surface area contributed by atoms with Crippen LogP contribution in [0.4, 0.5) is 0 Å². The fraction of sp³-hybridized carbons (Fsp3) is 1.00. The molecule has 0 aromatic carbocycles. The second-order valence-corrected chi connectivity index (χ2v) is 12.5. The molecule has 0 saturated heterocycles. The lowest BCUT2D eigenvalue weighted by Crippen LogP contribution is -2.35. The van der Waals surface area contributed by atoms with E-state index in [0.717, 1.165) is 13.2 Å². The Morgan fingerprint density at radius 3 is 0.929 bits per heavy atom. The van der Waals surface area contributed by atoms with Gasteiger partial charge in [-0.3, -0.25) is 0 Å². The van der Waals surface area contributed by atoms with Crippen molar-refractivity contribution in [3.8, 4) is 0 Å². The van der Waals surface area contributed by atoms with Crippen LogP contribution >= 0.6 is 0 Å². The number of rotatable bonds is 23. The van der Waals surface area contributed by atoms with Crippen LogP contribution in [0.3, 0.4) is 0 Å². The Morgan fingerprint density at radius 1 is 0.393 bits per heavy atom. The summed E-state index contributed by atoms with van der Waals surface area (Å²) in [6.07, 6.45) is 26.2. The maximum atomic E-state index is 6.09. The summed E-state index contributed by atoms with van der Waals surface area (Å²) in [4.78, 5) is 0. The van der Waals surface area contributed by atoms with Crippen molar-refractivity contribution in [1.29, 1.82) is 0 Å². The summed E-state index contributed by atoms with van der Waals surface area (Å²) in [5, 5.41) is 0. The summed E-state index contributed by atoms with van der Waals surface area (Å²) < 4.78 is 12.2.